The van der Waals surface area contributed by atoms with E-state index in [2.05, 4.69) is 21.2 Å². The first-order valence-corrected chi connectivity index (χ1v) is 5.88. The smallest absolute Gasteiger partial charge is 0.237 e. The van der Waals surface area contributed by atoms with E-state index in [0.29, 0.717) is 13.0 Å². The van der Waals surface area contributed by atoms with Gasteiger partial charge in [0.1, 0.15) is 5.92 Å². The van der Waals surface area contributed by atoms with E-state index in [-0.39, 0.29) is 5.91 Å². The lowest BCUT2D eigenvalue weighted by Gasteiger charge is -2.08. The van der Waals surface area contributed by atoms with Crippen molar-refractivity contribution in [1.82, 2.24) is 5.32 Å². The summed E-state index contributed by atoms with van der Waals surface area (Å²) in [6.07, 6.45) is 0.542. The summed E-state index contributed by atoms with van der Waals surface area (Å²) < 4.78 is 0.978. The Kier molecular flexibility index (Phi) is 5.00. The summed E-state index contributed by atoms with van der Waals surface area (Å²) >= 11 is 3.36. The molecule has 0 heterocycles. The van der Waals surface area contributed by atoms with E-state index in [9.17, 15) is 4.79 Å². The van der Waals surface area contributed by atoms with Crippen LogP contribution in [-0.2, 0) is 11.3 Å². The highest BCUT2D eigenvalue weighted by Gasteiger charge is 2.14. The van der Waals surface area contributed by atoms with E-state index in [1.54, 1.807) is 0 Å². The van der Waals surface area contributed by atoms with Crippen LogP contribution in [0.3, 0.4) is 0 Å². The fourth-order valence-corrected chi connectivity index (χ4v) is 1.74. The molecule has 1 unspecified atom stereocenters. The number of hydrogen-bond donors (Lipinski definition) is 1. The van der Waals surface area contributed by atoms with Crippen molar-refractivity contribution in [2.45, 2.75) is 19.9 Å². The Balaban J connectivity index is 2.52. The average Bonchev–Trinajstić information content (AvgIpc) is 2.28. The van der Waals surface area contributed by atoms with Crippen molar-refractivity contribution < 1.29 is 4.79 Å². The number of hydrogen-bond acceptors (Lipinski definition) is 2. The maximum atomic E-state index is 11.5. The van der Waals surface area contributed by atoms with Crippen LogP contribution in [0.15, 0.2) is 28.7 Å². The first-order valence-electron chi connectivity index (χ1n) is 5.09. The maximum Gasteiger partial charge on any atom is 0.237 e. The van der Waals surface area contributed by atoms with Gasteiger partial charge in [-0.25, -0.2) is 0 Å². The van der Waals surface area contributed by atoms with Gasteiger partial charge in [-0.2, -0.15) is 5.26 Å². The van der Waals surface area contributed by atoms with Gasteiger partial charge < -0.3 is 5.32 Å². The monoisotopic (exact) mass is 280 g/mol. The topological polar surface area (TPSA) is 52.9 Å². The van der Waals surface area contributed by atoms with Crippen LogP contribution in [0.4, 0.5) is 0 Å². The van der Waals surface area contributed by atoms with Crippen molar-refractivity contribution in [1.29, 1.82) is 5.26 Å². The van der Waals surface area contributed by atoms with Crippen molar-refractivity contribution >= 4 is 21.8 Å². The van der Waals surface area contributed by atoms with Crippen molar-refractivity contribution in [3.8, 4) is 6.07 Å². The van der Waals surface area contributed by atoms with Gasteiger partial charge in [0.15, 0.2) is 0 Å². The highest BCUT2D eigenvalue weighted by Crippen LogP contribution is 2.11. The highest BCUT2D eigenvalue weighted by atomic mass is 79.9. The molecule has 0 radical (unpaired) electrons. The number of carbonyl (C=O) groups is 1. The Labute approximate surface area is 104 Å². The molecule has 1 amide bonds. The number of nitrogens with one attached hydrogen (secondary N) is 1. The lowest BCUT2D eigenvalue weighted by Crippen LogP contribution is -2.29. The van der Waals surface area contributed by atoms with Gasteiger partial charge in [-0.05, 0) is 24.1 Å². The predicted octanol–water partition coefficient (Wildman–Crippen LogP) is 2.62. The summed E-state index contributed by atoms with van der Waals surface area (Å²) in [7, 11) is 0. The molecule has 16 heavy (non-hydrogen) atoms. The molecule has 0 bridgehead atoms. The van der Waals surface area contributed by atoms with Gasteiger partial charge in [-0.1, -0.05) is 35.0 Å². The molecule has 1 aromatic rings. The molecule has 3 nitrogen and oxygen atoms in total. The fraction of sp³-hybridized carbons (Fsp3) is 0.333. The maximum absolute atomic E-state index is 11.5. The first kappa shape index (κ1) is 12.7. The normalized spacial score (nSPS) is 11.6. The van der Waals surface area contributed by atoms with Gasteiger partial charge in [0.25, 0.3) is 0 Å². The van der Waals surface area contributed by atoms with Crippen LogP contribution >= 0.6 is 15.9 Å². The van der Waals surface area contributed by atoms with E-state index < -0.39 is 5.92 Å². The Morgan fingerprint density at radius 2 is 2.38 bits per heavy atom. The molecule has 0 saturated heterocycles. The van der Waals surface area contributed by atoms with E-state index in [4.69, 9.17) is 5.26 Å². The quantitative estimate of drug-likeness (QED) is 0.922. The van der Waals surface area contributed by atoms with Crippen molar-refractivity contribution in [2.24, 2.45) is 5.92 Å². The number of nitrogens with zero attached hydrogens (tertiary/aromatic N) is 1. The Morgan fingerprint density at radius 1 is 1.62 bits per heavy atom. The molecule has 0 aliphatic carbocycles. The third-order valence-electron chi connectivity index (χ3n) is 2.24. The highest BCUT2D eigenvalue weighted by molar-refractivity contribution is 9.10. The largest absolute Gasteiger partial charge is 0.351 e. The zero-order valence-electron chi connectivity index (χ0n) is 9.03. The second kappa shape index (κ2) is 6.29. The SMILES string of the molecule is CCC(C#N)C(=O)NCc1cccc(Br)c1. The van der Waals surface area contributed by atoms with Crippen LogP contribution in [0.2, 0.25) is 0 Å². The van der Waals surface area contributed by atoms with Crippen LogP contribution in [0.1, 0.15) is 18.9 Å². The summed E-state index contributed by atoms with van der Waals surface area (Å²) in [6.45, 7) is 2.28. The molecule has 0 fully saturated rings. The summed E-state index contributed by atoms with van der Waals surface area (Å²) in [5.41, 5.74) is 1.01. The number of rotatable bonds is 4. The summed E-state index contributed by atoms with van der Waals surface area (Å²) in [6, 6.07) is 9.68. The van der Waals surface area contributed by atoms with E-state index in [0.717, 1.165) is 10.0 Å². The molecule has 84 valence electrons. The van der Waals surface area contributed by atoms with Crippen LogP contribution in [0.25, 0.3) is 0 Å². The third kappa shape index (κ3) is 3.67. The van der Waals surface area contributed by atoms with Crippen LogP contribution in [0.5, 0.6) is 0 Å². The number of amides is 1. The van der Waals surface area contributed by atoms with Gasteiger partial charge in [-0.15, -0.1) is 0 Å². The molecule has 1 N–H and O–H groups in total. The average molecular weight is 281 g/mol. The molecule has 0 spiro atoms. The van der Waals surface area contributed by atoms with Crippen LogP contribution < -0.4 is 5.32 Å². The number of carbonyl (C=O) groups excluding carboxylic acids is 1. The second-order valence-electron chi connectivity index (χ2n) is 3.44. The van der Waals surface area contributed by atoms with E-state index >= 15 is 0 Å². The standard InChI is InChI=1S/C12H13BrN2O/c1-2-10(7-14)12(16)15-8-9-4-3-5-11(13)6-9/h3-6,10H,2,8H2,1H3,(H,15,16). The second-order valence-corrected chi connectivity index (χ2v) is 4.35. The molecule has 0 aliphatic rings. The van der Waals surface area contributed by atoms with E-state index in [1.165, 1.54) is 0 Å². The Bertz CT molecular complexity index is 412. The lowest BCUT2D eigenvalue weighted by molar-refractivity contribution is -0.123. The van der Waals surface area contributed by atoms with Gasteiger partial charge in [0.2, 0.25) is 5.91 Å². The van der Waals surface area contributed by atoms with Crippen molar-refractivity contribution in [3.63, 3.8) is 0 Å². The Morgan fingerprint density at radius 3 is 2.94 bits per heavy atom. The fourth-order valence-electron chi connectivity index (χ4n) is 1.29. The number of benzene rings is 1. The molecule has 1 aromatic carbocycles. The molecule has 1 atom stereocenters. The zero-order chi connectivity index (χ0) is 12.0. The minimum absolute atomic E-state index is 0.204. The minimum atomic E-state index is -0.549. The molecule has 4 heteroatoms. The molecular formula is C12H13BrN2O. The number of halogens is 1. The predicted molar refractivity (Wildman–Crippen MR) is 65.4 cm³/mol. The first-order chi connectivity index (χ1) is 7.67. The van der Waals surface area contributed by atoms with Crippen LogP contribution in [-0.4, -0.2) is 5.91 Å². The third-order valence-corrected chi connectivity index (χ3v) is 2.73. The molecular weight excluding hydrogens is 268 g/mol. The molecule has 0 saturated carbocycles. The van der Waals surface area contributed by atoms with Gasteiger partial charge in [0.05, 0.1) is 6.07 Å². The van der Waals surface area contributed by atoms with Crippen LogP contribution in [0, 0.1) is 17.2 Å². The molecule has 1 rings (SSSR count). The van der Waals surface area contributed by atoms with Crippen molar-refractivity contribution in [3.05, 3.63) is 34.3 Å². The molecule has 0 aromatic heterocycles. The summed E-state index contributed by atoms with van der Waals surface area (Å²) in [4.78, 5) is 11.5. The zero-order valence-corrected chi connectivity index (χ0v) is 10.6. The Hall–Kier alpha value is -1.34. The lowest BCUT2D eigenvalue weighted by atomic mass is 10.1. The molecule has 0 aliphatic heterocycles. The summed E-state index contributed by atoms with van der Waals surface area (Å²) in [5.74, 6) is -0.753. The van der Waals surface area contributed by atoms with Gasteiger partial charge in [-0.3, -0.25) is 4.79 Å². The van der Waals surface area contributed by atoms with Crippen molar-refractivity contribution in [2.75, 3.05) is 0 Å². The van der Waals surface area contributed by atoms with E-state index in [1.807, 2.05) is 37.3 Å². The minimum Gasteiger partial charge on any atom is -0.351 e. The van der Waals surface area contributed by atoms with Gasteiger partial charge in [0, 0.05) is 11.0 Å². The van der Waals surface area contributed by atoms with Gasteiger partial charge >= 0.3 is 0 Å². The summed E-state index contributed by atoms with van der Waals surface area (Å²) in [5, 5.41) is 11.5. The number of nitriles is 1.